The molecule has 2 aromatic carbocycles. The van der Waals surface area contributed by atoms with Crippen molar-refractivity contribution in [3.05, 3.63) is 42.0 Å². The van der Waals surface area contributed by atoms with Gasteiger partial charge < -0.3 is 10.8 Å². The fourth-order valence-corrected chi connectivity index (χ4v) is 3.72. The van der Waals surface area contributed by atoms with Crippen molar-refractivity contribution in [2.24, 2.45) is 0 Å². The SMILES string of the molecule is CCC(C(=O)O)c1ccc(Sc2ccccc2S)c(S)c1N. The average molecular weight is 352 g/mol. The first-order chi connectivity index (χ1) is 10.5. The van der Waals surface area contributed by atoms with Crippen molar-refractivity contribution in [2.45, 2.75) is 38.8 Å². The van der Waals surface area contributed by atoms with Gasteiger partial charge in [0.2, 0.25) is 0 Å². The van der Waals surface area contributed by atoms with Crippen LogP contribution in [0.4, 0.5) is 5.69 Å². The van der Waals surface area contributed by atoms with Crippen LogP contribution in [0.15, 0.2) is 56.0 Å². The van der Waals surface area contributed by atoms with Crippen LogP contribution in [-0.2, 0) is 4.79 Å². The number of hydrogen-bond acceptors (Lipinski definition) is 5. The minimum atomic E-state index is -0.872. The van der Waals surface area contributed by atoms with E-state index in [1.54, 1.807) is 6.07 Å². The summed E-state index contributed by atoms with van der Waals surface area (Å²) in [5, 5.41) is 9.29. The lowest BCUT2D eigenvalue weighted by molar-refractivity contribution is -0.138. The second kappa shape index (κ2) is 7.35. The van der Waals surface area contributed by atoms with Crippen molar-refractivity contribution in [3.8, 4) is 0 Å². The number of anilines is 1. The predicted octanol–water partition coefficient (Wildman–Crippen LogP) is 4.58. The minimum absolute atomic E-state index is 0.430. The molecule has 116 valence electrons. The molecule has 0 aliphatic heterocycles. The van der Waals surface area contributed by atoms with Crippen LogP contribution in [0.1, 0.15) is 24.8 Å². The lowest BCUT2D eigenvalue weighted by Crippen LogP contribution is -2.13. The molecule has 0 bridgehead atoms. The molecule has 3 nitrogen and oxygen atoms in total. The van der Waals surface area contributed by atoms with Crippen molar-refractivity contribution in [3.63, 3.8) is 0 Å². The largest absolute Gasteiger partial charge is 0.481 e. The maximum atomic E-state index is 11.3. The van der Waals surface area contributed by atoms with Crippen molar-refractivity contribution < 1.29 is 9.90 Å². The summed E-state index contributed by atoms with van der Waals surface area (Å²) in [6.45, 7) is 1.83. The molecule has 0 aliphatic carbocycles. The maximum absolute atomic E-state index is 11.3. The fraction of sp³-hybridized carbons (Fsp3) is 0.188. The Kier molecular flexibility index (Phi) is 5.72. The summed E-state index contributed by atoms with van der Waals surface area (Å²) in [6.07, 6.45) is 0.485. The molecule has 0 aliphatic rings. The number of rotatable bonds is 5. The van der Waals surface area contributed by atoms with Crippen LogP contribution in [0.5, 0.6) is 0 Å². The Hall–Kier alpha value is -1.24. The fourth-order valence-electron chi connectivity index (χ4n) is 2.18. The molecular formula is C16H17NO2S3. The molecule has 3 N–H and O–H groups in total. The molecule has 2 rings (SSSR count). The highest BCUT2D eigenvalue weighted by Crippen LogP contribution is 2.40. The summed E-state index contributed by atoms with van der Waals surface area (Å²) in [4.78, 5) is 14.7. The van der Waals surface area contributed by atoms with Gasteiger partial charge in [-0.3, -0.25) is 4.79 Å². The first kappa shape index (κ1) is 17.1. The van der Waals surface area contributed by atoms with Crippen LogP contribution in [-0.4, -0.2) is 11.1 Å². The molecule has 0 amide bonds. The van der Waals surface area contributed by atoms with Crippen molar-refractivity contribution in [2.75, 3.05) is 5.73 Å². The van der Waals surface area contributed by atoms with Gasteiger partial charge in [-0.15, -0.1) is 25.3 Å². The van der Waals surface area contributed by atoms with Crippen LogP contribution in [0.2, 0.25) is 0 Å². The van der Waals surface area contributed by atoms with Gasteiger partial charge in [-0.2, -0.15) is 0 Å². The molecule has 0 radical (unpaired) electrons. The first-order valence-electron chi connectivity index (χ1n) is 6.75. The Morgan fingerprint density at radius 2 is 1.91 bits per heavy atom. The molecule has 0 heterocycles. The van der Waals surface area contributed by atoms with Gasteiger partial charge in [-0.25, -0.2) is 0 Å². The number of benzene rings is 2. The number of nitrogen functional groups attached to an aromatic ring is 1. The smallest absolute Gasteiger partial charge is 0.311 e. The van der Waals surface area contributed by atoms with Gasteiger partial charge in [-0.05, 0) is 30.2 Å². The van der Waals surface area contributed by atoms with Crippen LogP contribution in [0.3, 0.4) is 0 Å². The summed E-state index contributed by atoms with van der Waals surface area (Å²) < 4.78 is 0. The summed E-state index contributed by atoms with van der Waals surface area (Å²) in [6, 6.07) is 11.4. The molecule has 6 heteroatoms. The minimum Gasteiger partial charge on any atom is -0.481 e. The van der Waals surface area contributed by atoms with Gasteiger partial charge in [0.1, 0.15) is 0 Å². The molecule has 0 spiro atoms. The number of carboxylic acids is 1. The van der Waals surface area contributed by atoms with E-state index in [2.05, 4.69) is 25.3 Å². The van der Waals surface area contributed by atoms with Crippen LogP contribution >= 0.6 is 37.0 Å². The zero-order valence-electron chi connectivity index (χ0n) is 12.0. The van der Waals surface area contributed by atoms with Gasteiger partial charge in [0, 0.05) is 19.6 Å². The van der Waals surface area contributed by atoms with Gasteiger partial charge in [0.05, 0.1) is 11.6 Å². The van der Waals surface area contributed by atoms with Gasteiger partial charge >= 0.3 is 5.97 Å². The topological polar surface area (TPSA) is 63.3 Å². The molecule has 0 saturated heterocycles. The van der Waals surface area contributed by atoms with E-state index in [1.165, 1.54) is 11.8 Å². The number of aliphatic carboxylic acids is 1. The Morgan fingerprint density at radius 1 is 1.23 bits per heavy atom. The third-order valence-electron chi connectivity index (χ3n) is 3.38. The third-order valence-corrected chi connectivity index (χ3v) is 5.69. The summed E-state index contributed by atoms with van der Waals surface area (Å²) in [5.41, 5.74) is 7.16. The van der Waals surface area contributed by atoms with E-state index >= 15 is 0 Å². The van der Waals surface area contributed by atoms with E-state index in [0.29, 0.717) is 22.6 Å². The monoisotopic (exact) mass is 351 g/mol. The first-order valence-corrected chi connectivity index (χ1v) is 8.46. The van der Waals surface area contributed by atoms with E-state index in [1.807, 2.05) is 37.3 Å². The normalized spacial score (nSPS) is 12.1. The Labute approximate surface area is 145 Å². The highest BCUT2D eigenvalue weighted by atomic mass is 32.2. The van der Waals surface area contributed by atoms with Gasteiger partial charge in [0.15, 0.2) is 0 Å². The molecule has 1 atom stereocenters. The highest BCUT2D eigenvalue weighted by Gasteiger charge is 2.22. The average Bonchev–Trinajstić information content (AvgIpc) is 2.48. The molecule has 0 saturated carbocycles. The second-order valence-electron chi connectivity index (χ2n) is 4.78. The zero-order valence-corrected chi connectivity index (χ0v) is 14.6. The highest BCUT2D eigenvalue weighted by molar-refractivity contribution is 8.00. The number of nitrogens with two attached hydrogens (primary N) is 1. The molecule has 2 aromatic rings. The van der Waals surface area contributed by atoms with Crippen molar-refractivity contribution >= 4 is 48.7 Å². The quantitative estimate of drug-likeness (QED) is 0.470. The van der Waals surface area contributed by atoms with E-state index < -0.39 is 11.9 Å². The number of hydrogen-bond donors (Lipinski definition) is 4. The lowest BCUT2D eigenvalue weighted by atomic mass is 9.95. The standard InChI is InChI=1S/C16H17NO2S3/c1-2-9(16(18)19)10-7-8-13(15(21)14(10)17)22-12-6-4-3-5-11(12)20/h3-9,20-21H,2,17H2,1H3,(H,18,19). The lowest BCUT2D eigenvalue weighted by Gasteiger charge is -2.17. The van der Waals surface area contributed by atoms with Crippen LogP contribution < -0.4 is 5.73 Å². The Bertz CT molecular complexity index is 704. The van der Waals surface area contributed by atoms with Gasteiger partial charge in [-0.1, -0.05) is 36.9 Å². The van der Waals surface area contributed by atoms with Crippen molar-refractivity contribution in [1.82, 2.24) is 0 Å². The van der Waals surface area contributed by atoms with E-state index in [0.717, 1.165) is 14.7 Å². The van der Waals surface area contributed by atoms with Crippen LogP contribution in [0, 0.1) is 0 Å². The van der Waals surface area contributed by atoms with E-state index in [4.69, 9.17) is 5.73 Å². The summed E-state index contributed by atoms with van der Waals surface area (Å²) in [5.74, 6) is -1.48. The van der Waals surface area contributed by atoms with Gasteiger partial charge in [0.25, 0.3) is 0 Å². The second-order valence-corrected chi connectivity index (χ2v) is 6.80. The molecule has 0 aromatic heterocycles. The van der Waals surface area contributed by atoms with Crippen LogP contribution in [0.25, 0.3) is 0 Å². The maximum Gasteiger partial charge on any atom is 0.311 e. The summed E-state index contributed by atoms with van der Waals surface area (Å²) >= 11 is 10.4. The molecule has 0 fully saturated rings. The molecule has 1 unspecified atom stereocenters. The molecular weight excluding hydrogens is 334 g/mol. The van der Waals surface area contributed by atoms with E-state index in [9.17, 15) is 9.90 Å². The van der Waals surface area contributed by atoms with E-state index in [-0.39, 0.29) is 0 Å². The Morgan fingerprint density at radius 3 is 2.50 bits per heavy atom. The Balaban J connectivity index is 2.39. The number of thiol groups is 2. The van der Waals surface area contributed by atoms with Crippen molar-refractivity contribution in [1.29, 1.82) is 0 Å². The summed E-state index contributed by atoms with van der Waals surface area (Å²) in [7, 11) is 0. The number of carbonyl (C=O) groups is 1. The number of carboxylic acid groups (broad SMARTS) is 1. The zero-order chi connectivity index (χ0) is 16.3. The predicted molar refractivity (Wildman–Crippen MR) is 96.6 cm³/mol. The molecule has 22 heavy (non-hydrogen) atoms. The third kappa shape index (κ3) is 3.56.